The Morgan fingerprint density at radius 3 is 1.33 bits per heavy atom. The molecule has 17 unspecified atom stereocenters. The topological polar surface area (TPSA) is 307 Å². The molecule has 3 heterocycles. The lowest BCUT2D eigenvalue weighted by Crippen LogP contribution is -2.66. The number of aliphatic hydroxyl groups excluding tert-OH is 11. The highest BCUT2D eigenvalue weighted by atomic mass is 16.8. The lowest BCUT2D eigenvalue weighted by Gasteiger charge is -2.48. The molecule has 3 aliphatic heterocycles. The first-order valence-electron chi connectivity index (χ1n) is 26.9. The van der Waals surface area contributed by atoms with Crippen LogP contribution in [0.3, 0.4) is 0 Å². The number of allylic oxidation sites excluding steroid dienone is 1. The van der Waals surface area contributed by atoms with Crippen LogP contribution in [-0.4, -0.2) is 193 Å². The summed E-state index contributed by atoms with van der Waals surface area (Å²) < 4.78 is 33.9. The largest absolute Gasteiger partial charge is 0.394 e. The van der Waals surface area contributed by atoms with Gasteiger partial charge in [0.05, 0.1) is 38.6 Å². The van der Waals surface area contributed by atoms with Gasteiger partial charge in [-0.1, -0.05) is 161 Å². The van der Waals surface area contributed by atoms with Crippen LogP contribution in [0.15, 0.2) is 12.2 Å². The number of hydrogen-bond acceptors (Lipinski definition) is 18. The predicted molar refractivity (Wildman–Crippen MR) is 259 cm³/mol. The van der Waals surface area contributed by atoms with E-state index in [-0.39, 0.29) is 18.9 Å². The van der Waals surface area contributed by atoms with Crippen LogP contribution in [0.25, 0.3) is 0 Å². The highest BCUT2D eigenvalue weighted by Gasteiger charge is 2.53. The average Bonchev–Trinajstić information content (AvgIpc) is 3.36. The van der Waals surface area contributed by atoms with Crippen LogP contribution < -0.4 is 5.32 Å². The molecule has 3 rings (SSSR count). The minimum Gasteiger partial charge on any atom is -0.394 e. The van der Waals surface area contributed by atoms with Gasteiger partial charge in [-0.3, -0.25) is 4.79 Å². The zero-order chi connectivity index (χ0) is 51.3. The summed E-state index contributed by atoms with van der Waals surface area (Å²) in [6, 6.07) is -0.962. The Hall–Kier alpha value is -1.47. The molecule has 19 heteroatoms. The number of rotatable bonds is 38. The molecule has 0 bridgehead atoms. The summed E-state index contributed by atoms with van der Waals surface area (Å²) in [5.74, 6) is -0.311. The monoisotopic (exact) mass is 1010 g/mol. The number of ether oxygens (including phenoxy) is 6. The summed E-state index contributed by atoms with van der Waals surface area (Å²) in [5.41, 5.74) is 0. The first-order valence-corrected chi connectivity index (χ1v) is 26.9. The molecule has 19 nitrogen and oxygen atoms in total. The van der Waals surface area contributed by atoms with Crippen LogP contribution in [0.4, 0.5) is 0 Å². The van der Waals surface area contributed by atoms with Crippen LogP contribution in [0, 0.1) is 0 Å². The molecule has 0 saturated carbocycles. The van der Waals surface area contributed by atoms with Crippen molar-refractivity contribution in [3.05, 3.63) is 12.2 Å². The zero-order valence-corrected chi connectivity index (χ0v) is 42.3. The lowest BCUT2D eigenvalue weighted by atomic mass is 9.96. The van der Waals surface area contributed by atoms with Crippen molar-refractivity contribution in [1.29, 1.82) is 0 Å². The van der Waals surface area contributed by atoms with E-state index >= 15 is 0 Å². The zero-order valence-electron chi connectivity index (χ0n) is 42.3. The number of carbonyl (C=O) groups excluding carboxylic acids is 1. The molecule has 12 N–H and O–H groups in total. The molecule has 70 heavy (non-hydrogen) atoms. The Morgan fingerprint density at radius 1 is 0.500 bits per heavy atom. The molecule has 3 fully saturated rings. The van der Waals surface area contributed by atoms with Crippen molar-refractivity contribution in [2.75, 3.05) is 26.4 Å². The third-order valence-electron chi connectivity index (χ3n) is 13.8. The maximum absolute atomic E-state index is 12.8. The van der Waals surface area contributed by atoms with Crippen molar-refractivity contribution in [3.8, 4) is 0 Å². The lowest BCUT2D eigenvalue weighted by molar-refractivity contribution is -0.379. The van der Waals surface area contributed by atoms with E-state index in [0.29, 0.717) is 6.42 Å². The molecule has 0 aliphatic carbocycles. The van der Waals surface area contributed by atoms with Gasteiger partial charge in [0.2, 0.25) is 5.91 Å². The standard InChI is InChI=1S/C51H95NO18/c1-3-5-7-8-9-10-11-12-13-14-15-16-17-18-19-20-21-22-23-24-25-26-27-28-35(56)34(52-39(57)29-6-4-2)33-65-49-45(63)42(60)47(37(31-54)67-49)70-51-46(64)43(61)48(38(32-55)68-51)69-50-44(62)41(59)40(58)36(30-53)66-50/h27-28,34-38,40-51,53-56,58-64H,3-26,29-33H2,1-2H3,(H,52,57)/b28-27+. The summed E-state index contributed by atoms with van der Waals surface area (Å²) in [6.45, 7) is 1.44. The molecule has 3 saturated heterocycles. The normalized spacial score (nSPS) is 32.6. The minimum absolute atomic E-state index is 0.220. The predicted octanol–water partition coefficient (Wildman–Crippen LogP) is 2.65. The van der Waals surface area contributed by atoms with Crippen molar-refractivity contribution in [1.82, 2.24) is 5.32 Å². The van der Waals surface area contributed by atoms with Gasteiger partial charge in [0.15, 0.2) is 18.9 Å². The van der Waals surface area contributed by atoms with Crippen molar-refractivity contribution >= 4 is 5.91 Å². The molecule has 0 aromatic rings. The van der Waals surface area contributed by atoms with E-state index in [9.17, 15) is 61.0 Å². The van der Waals surface area contributed by atoms with Gasteiger partial charge >= 0.3 is 0 Å². The summed E-state index contributed by atoms with van der Waals surface area (Å²) >= 11 is 0. The van der Waals surface area contributed by atoms with Crippen LogP contribution in [-0.2, 0) is 33.2 Å². The fourth-order valence-corrected chi connectivity index (χ4v) is 9.29. The Bertz CT molecular complexity index is 1350. The van der Waals surface area contributed by atoms with Crippen LogP contribution in [0.1, 0.15) is 174 Å². The molecule has 1 amide bonds. The van der Waals surface area contributed by atoms with Crippen molar-refractivity contribution in [2.45, 2.75) is 279 Å². The minimum atomic E-state index is -1.97. The van der Waals surface area contributed by atoms with Gasteiger partial charge in [-0.2, -0.15) is 0 Å². The third-order valence-corrected chi connectivity index (χ3v) is 13.8. The van der Waals surface area contributed by atoms with Gasteiger partial charge < -0.3 is 89.9 Å². The fraction of sp³-hybridized carbons (Fsp3) is 0.941. The van der Waals surface area contributed by atoms with Gasteiger partial charge in [0.25, 0.3) is 0 Å². The van der Waals surface area contributed by atoms with E-state index in [1.165, 1.54) is 116 Å². The number of nitrogens with one attached hydrogen (secondary N) is 1. The SMILES string of the molecule is CCCCCCCCCCCCCCCCCCCCCCC/C=C/C(O)C(COC1OC(CO)C(OC2OC(CO)C(OC3OC(CO)C(O)C(O)C3O)C(O)C2O)C(O)C1O)NC(=O)CCCC. The highest BCUT2D eigenvalue weighted by Crippen LogP contribution is 2.33. The first kappa shape index (κ1) is 62.8. The van der Waals surface area contributed by atoms with E-state index in [0.717, 1.165) is 32.1 Å². The highest BCUT2D eigenvalue weighted by molar-refractivity contribution is 5.76. The molecule has 0 aromatic heterocycles. The molecule has 412 valence electrons. The Morgan fingerprint density at radius 2 is 0.886 bits per heavy atom. The summed E-state index contributed by atoms with van der Waals surface area (Å²) in [6.07, 6.45) is 6.61. The molecule has 0 spiro atoms. The quantitative estimate of drug-likeness (QED) is 0.0313. The van der Waals surface area contributed by atoms with E-state index in [4.69, 9.17) is 28.4 Å². The number of hydrogen-bond donors (Lipinski definition) is 12. The second kappa shape index (κ2) is 36.5. The summed E-state index contributed by atoms with van der Waals surface area (Å²) in [4.78, 5) is 12.8. The molecular formula is C51H95NO18. The number of aliphatic hydroxyl groups is 11. The maximum Gasteiger partial charge on any atom is 0.220 e. The maximum atomic E-state index is 12.8. The van der Waals surface area contributed by atoms with E-state index < -0.39 is 124 Å². The van der Waals surface area contributed by atoms with E-state index in [1.807, 2.05) is 13.0 Å². The number of unbranched alkanes of at least 4 members (excludes halogenated alkanes) is 22. The second-order valence-corrected chi connectivity index (χ2v) is 19.7. The Labute approximate surface area is 416 Å². The van der Waals surface area contributed by atoms with Gasteiger partial charge in [0, 0.05) is 6.42 Å². The molecule has 0 aromatic carbocycles. The fourth-order valence-electron chi connectivity index (χ4n) is 9.29. The van der Waals surface area contributed by atoms with Crippen molar-refractivity contribution < 1.29 is 89.4 Å². The summed E-state index contributed by atoms with van der Waals surface area (Å²) in [7, 11) is 0. The first-order chi connectivity index (χ1) is 33.8. The second-order valence-electron chi connectivity index (χ2n) is 19.7. The van der Waals surface area contributed by atoms with E-state index in [2.05, 4.69) is 12.2 Å². The molecule has 3 aliphatic rings. The third kappa shape index (κ3) is 21.8. The van der Waals surface area contributed by atoms with Crippen LogP contribution in [0.2, 0.25) is 0 Å². The number of carbonyl (C=O) groups is 1. The van der Waals surface area contributed by atoms with Crippen LogP contribution >= 0.6 is 0 Å². The van der Waals surface area contributed by atoms with Gasteiger partial charge in [0.1, 0.15) is 73.2 Å². The summed E-state index contributed by atoms with van der Waals surface area (Å²) in [5, 5.41) is 119. The average molecular weight is 1010 g/mol. The Balaban J connectivity index is 1.40. The van der Waals surface area contributed by atoms with Crippen LogP contribution in [0.5, 0.6) is 0 Å². The van der Waals surface area contributed by atoms with Crippen molar-refractivity contribution in [2.24, 2.45) is 0 Å². The molecule has 17 atom stereocenters. The number of amides is 1. The molecule has 0 radical (unpaired) electrons. The van der Waals surface area contributed by atoms with Gasteiger partial charge in [-0.05, 0) is 19.3 Å². The smallest absolute Gasteiger partial charge is 0.220 e. The van der Waals surface area contributed by atoms with Gasteiger partial charge in [-0.15, -0.1) is 0 Å². The van der Waals surface area contributed by atoms with E-state index in [1.54, 1.807) is 6.08 Å². The Kier molecular flexibility index (Phi) is 32.7. The van der Waals surface area contributed by atoms with Gasteiger partial charge in [-0.25, -0.2) is 0 Å². The van der Waals surface area contributed by atoms with Crippen molar-refractivity contribution in [3.63, 3.8) is 0 Å². The molecular weight excluding hydrogens is 915 g/mol.